The van der Waals surface area contributed by atoms with E-state index in [1.165, 1.54) is 0 Å². The Kier molecular flexibility index (Phi) is 11.2. The first kappa shape index (κ1) is 22.9. The molecule has 0 bridgehead atoms. The van der Waals surface area contributed by atoms with Gasteiger partial charge in [0.25, 0.3) is 0 Å². The molecular formula is C20H24CoN2O2. The molecule has 0 atom stereocenters. The monoisotopic (exact) mass is 383 g/mol. The summed E-state index contributed by atoms with van der Waals surface area (Å²) < 4.78 is 0. The Morgan fingerprint density at radius 1 is 0.680 bits per heavy atom. The van der Waals surface area contributed by atoms with E-state index in [9.17, 15) is 10.2 Å². The molecule has 0 fully saturated rings. The predicted molar refractivity (Wildman–Crippen MR) is 97.2 cm³/mol. The topological polar surface area (TPSA) is 70.8 Å². The predicted octanol–water partition coefficient (Wildman–Crippen LogP) is 3.17. The van der Waals surface area contributed by atoms with Crippen molar-refractivity contribution in [3.63, 3.8) is 0 Å². The van der Waals surface area contributed by atoms with Crippen molar-refractivity contribution in [2.45, 2.75) is 39.8 Å². The van der Waals surface area contributed by atoms with Crippen LogP contribution in [0.3, 0.4) is 0 Å². The summed E-state index contributed by atoms with van der Waals surface area (Å²) in [6, 6.07) is 14.2. The minimum Gasteiger partial charge on any atom is -0.872 e. The average molecular weight is 383 g/mol. The zero-order chi connectivity index (χ0) is 17.9. The maximum atomic E-state index is 11.1. The van der Waals surface area contributed by atoms with Gasteiger partial charge in [-0.1, -0.05) is 48.5 Å². The van der Waals surface area contributed by atoms with Crippen LogP contribution in [0.2, 0.25) is 0 Å². The quantitative estimate of drug-likeness (QED) is 0.761. The summed E-state index contributed by atoms with van der Waals surface area (Å²) >= 11 is 0. The zero-order valence-corrected chi connectivity index (χ0v) is 16.0. The molecule has 2 aromatic carbocycles. The molecule has 2 aromatic rings. The number of nitrogens with zero attached hydrogens (tertiary/aromatic N) is 2. The third-order valence-corrected chi connectivity index (χ3v) is 2.86. The molecule has 135 valence electrons. The SMILES string of the molecule is CC(C)N=Cc1ccccc1[O-].CC(C)N=Cc1ccccc1[O-].[Co+2]. The summed E-state index contributed by atoms with van der Waals surface area (Å²) in [5.41, 5.74) is 1.32. The van der Waals surface area contributed by atoms with Crippen LogP contribution >= 0.6 is 0 Å². The van der Waals surface area contributed by atoms with Gasteiger partial charge in [-0.05, 0) is 38.8 Å². The molecule has 0 unspecified atom stereocenters. The Labute approximate surface area is 160 Å². The van der Waals surface area contributed by atoms with Crippen LogP contribution in [0.15, 0.2) is 58.5 Å². The van der Waals surface area contributed by atoms with Crippen molar-refractivity contribution in [3.05, 3.63) is 59.7 Å². The molecule has 4 nitrogen and oxygen atoms in total. The van der Waals surface area contributed by atoms with Crippen molar-refractivity contribution >= 4 is 12.4 Å². The van der Waals surface area contributed by atoms with Gasteiger partial charge in [0.1, 0.15) is 0 Å². The molecule has 0 aliphatic rings. The number of hydrogen-bond acceptors (Lipinski definition) is 4. The first-order valence-corrected chi connectivity index (χ1v) is 7.98. The van der Waals surface area contributed by atoms with Gasteiger partial charge in [-0.25, -0.2) is 0 Å². The second kappa shape index (κ2) is 12.3. The van der Waals surface area contributed by atoms with E-state index in [0.29, 0.717) is 11.1 Å². The van der Waals surface area contributed by atoms with E-state index in [1.54, 1.807) is 48.8 Å². The van der Waals surface area contributed by atoms with Crippen LogP contribution in [-0.4, -0.2) is 24.5 Å². The van der Waals surface area contributed by atoms with Gasteiger partial charge in [-0.3, -0.25) is 9.98 Å². The first-order valence-electron chi connectivity index (χ1n) is 7.98. The summed E-state index contributed by atoms with van der Waals surface area (Å²) in [5, 5.41) is 22.3. The molecule has 0 amide bonds. The number of benzene rings is 2. The fourth-order valence-corrected chi connectivity index (χ4v) is 1.63. The van der Waals surface area contributed by atoms with Gasteiger partial charge >= 0.3 is 16.8 Å². The smallest absolute Gasteiger partial charge is 0.872 e. The Hall–Kier alpha value is -2.11. The standard InChI is InChI=1S/2C10H13NO.Co/c2*1-8(2)11-7-9-5-3-4-6-10(9)12;/h2*3-8,12H,1-2H3;/q;;+2/p-2. The first-order chi connectivity index (χ1) is 11.4. The molecule has 0 spiro atoms. The third-order valence-electron chi connectivity index (χ3n) is 2.86. The minimum absolute atomic E-state index is 0. The number of aliphatic imine (C=N–C) groups is 2. The van der Waals surface area contributed by atoms with E-state index in [0.717, 1.165) is 0 Å². The largest absolute Gasteiger partial charge is 2.00 e. The van der Waals surface area contributed by atoms with Gasteiger partial charge in [-0.15, -0.1) is 11.5 Å². The van der Waals surface area contributed by atoms with Gasteiger partial charge in [0, 0.05) is 24.5 Å². The molecule has 5 heteroatoms. The van der Waals surface area contributed by atoms with Crippen molar-refractivity contribution in [1.29, 1.82) is 0 Å². The molecule has 25 heavy (non-hydrogen) atoms. The van der Waals surface area contributed by atoms with Crippen LogP contribution in [0.25, 0.3) is 0 Å². The summed E-state index contributed by atoms with van der Waals surface area (Å²) in [6.07, 6.45) is 3.26. The second-order valence-corrected chi connectivity index (χ2v) is 5.82. The van der Waals surface area contributed by atoms with Crippen molar-refractivity contribution < 1.29 is 27.0 Å². The van der Waals surface area contributed by atoms with Crippen LogP contribution < -0.4 is 10.2 Å². The fraction of sp³-hybridized carbons (Fsp3) is 0.300. The summed E-state index contributed by atoms with van der Waals surface area (Å²) in [6.45, 7) is 7.90. The van der Waals surface area contributed by atoms with E-state index in [1.807, 2.05) is 39.8 Å². The van der Waals surface area contributed by atoms with Gasteiger partial charge in [-0.2, -0.15) is 0 Å². The van der Waals surface area contributed by atoms with Crippen LogP contribution in [-0.2, 0) is 16.8 Å². The van der Waals surface area contributed by atoms with Crippen LogP contribution in [0.4, 0.5) is 0 Å². The van der Waals surface area contributed by atoms with E-state index in [-0.39, 0.29) is 40.4 Å². The van der Waals surface area contributed by atoms with E-state index in [2.05, 4.69) is 9.98 Å². The molecular weight excluding hydrogens is 359 g/mol. The molecule has 2 rings (SSSR count). The number of rotatable bonds is 4. The van der Waals surface area contributed by atoms with Crippen LogP contribution in [0.5, 0.6) is 11.5 Å². The van der Waals surface area contributed by atoms with Crippen molar-refractivity contribution in [3.8, 4) is 11.5 Å². The second-order valence-electron chi connectivity index (χ2n) is 5.82. The Morgan fingerprint density at radius 2 is 1.00 bits per heavy atom. The molecule has 0 heterocycles. The van der Waals surface area contributed by atoms with Crippen LogP contribution in [0, 0.1) is 0 Å². The maximum Gasteiger partial charge on any atom is 2.00 e. The molecule has 0 aliphatic heterocycles. The molecule has 0 N–H and O–H groups in total. The molecule has 0 aromatic heterocycles. The van der Waals surface area contributed by atoms with Crippen molar-refractivity contribution in [2.75, 3.05) is 0 Å². The van der Waals surface area contributed by atoms with Gasteiger partial charge in [0.2, 0.25) is 0 Å². The zero-order valence-electron chi connectivity index (χ0n) is 15.0. The average Bonchev–Trinajstić information content (AvgIpc) is 2.54. The summed E-state index contributed by atoms with van der Waals surface area (Å²) in [7, 11) is 0. The molecule has 0 saturated heterocycles. The van der Waals surface area contributed by atoms with Crippen LogP contribution in [0.1, 0.15) is 38.8 Å². The molecule has 0 aliphatic carbocycles. The van der Waals surface area contributed by atoms with Gasteiger partial charge in [0.05, 0.1) is 0 Å². The normalized spacial score (nSPS) is 10.8. The summed E-state index contributed by atoms with van der Waals surface area (Å²) in [5.74, 6) is 0.0591. The number of hydrogen-bond donors (Lipinski definition) is 0. The van der Waals surface area contributed by atoms with Crippen molar-refractivity contribution in [2.24, 2.45) is 9.98 Å². The van der Waals surface area contributed by atoms with Crippen molar-refractivity contribution in [1.82, 2.24) is 0 Å². The van der Waals surface area contributed by atoms with E-state index in [4.69, 9.17) is 0 Å². The van der Waals surface area contributed by atoms with E-state index < -0.39 is 0 Å². The number of para-hydroxylation sites is 2. The third kappa shape index (κ3) is 9.69. The Balaban J connectivity index is 0.000000443. The Bertz CT molecular complexity index is 623. The fourth-order valence-electron chi connectivity index (χ4n) is 1.63. The molecule has 0 saturated carbocycles. The Morgan fingerprint density at radius 3 is 1.28 bits per heavy atom. The van der Waals surface area contributed by atoms with E-state index >= 15 is 0 Å². The van der Waals surface area contributed by atoms with Gasteiger partial charge in [0.15, 0.2) is 0 Å². The molecule has 1 radical (unpaired) electrons. The maximum absolute atomic E-state index is 11.1. The minimum atomic E-state index is 0. The summed E-state index contributed by atoms with van der Waals surface area (Å²) in [4.78, 5) is 8.26. The van der Waals surface area contributed by atoms with Gasteiger partial charge < -0.3 is 10.2 Å².